The van der Waals surface area contributed by atoms with Crippen LogP contribution in [0.3, 0.4) is 0 Å². The Kier molecular flexibility index (Phi) is 3.53. The Bertz CT molecular complexity index is 256. The lowest BCUT2D eigenvalue weighted by Crippen LogP contribution is -2.30. The Hall–Kier alpha value is -0.570. The zero-order valence-electron chi connectivity index (χ0n) is 10.2. The summed E-state index contributed by atoms with van der Waals surface area (Å²) in [6.07, 6.45) is 5.61. The van der Waals surface area contributed by atoms with E-state index in [1.165, 1.54) is 12.8 Å². The fourth-order valence-corrected chi connectivity index (χ4v) is 3.13. The van der Waals surface area contributed by atoms with Crippen LogP contribution in [-0.4, -0.2) is 23.3 Å². The maximum absolute atomic E-state index is 11.3. The molecule has 3 atom stereocenters. The van der Waals surface area contributed by atoms with E-state index in [9.17, 15) is 9.90 Å². The van der Waals surface area contributed by atoms with E-state index in [-0.39, 0.29) is 18.1 Å². The summed E-state index contributed by atoms with van der Waals surface area (Å²) in [4.78, 5) is 11.3. The van der Waals surface area contributed by atoms with E-state index in [2.05, 4.69) is 13.8 Å². The van der Waals surface area contributed by atoms with Crippen LogP contribution in [-0.2, 0) is 9.53 Å². The van der Waals surface area contributed by atoms with Gasteiger partial charge in [0.05, 0.1) is 18.1 Å². The van der Waals surface area contributed by atoms with E-state index in [1.54, 1.807) is 0 Å². The van der Waals surface area contributed by atoms with Gasteiger partial charge in [0, 0.05) is 0 Å². The Labute approximate surface area is 97.2 Å². The van der Waals surface area contributed by atoms with Crippen LogP contribution in [0.2, 0.25) is 0 Å². The minimum Gasteiger partial charge on any atom is -0.481 e. The topological polar surface area (TPSA) is 46.5 Å². The molecular formula is C13H22O3. The first-order chi connectivity index (χ1) is 7.59. The molecule has 2 aliphatic rings. The molecule has 1 N–H and O–H groups in total. The molecule has 16 heavy (non-hydrogen) atoms. The van der Waals surface area contributed by atoms with E-state index in [0.29, 0.717) is 18.3 Å². The maximum atomic E-state index is 11.3. The summed E-state index contributed by atoms with van der Waals surface area (Å²) < 4.78 is 6.00. The lowest BCUT2D eigenvalue weighted by atomic mass is 9.88. The predicted molar refractivity (Wildman–Crippen MR) is 61.2 cm³/mol. The second-order valence-corrected chi connectivity index (χ2v) is 5.61. The van der Waals surface area contributed by atoms with Gasteiger partial charge in [0.15, 0.2) is 0 Å². The Balaban J connectivity index is 2.05. The van der Waals surface area contributed by atoms with Gasteiger partial charge in [-0.2, -0.15) is 0 Å². The fourth-order valence-electron chi connectivity index (χ4n) is 3.13. The number of hydrogen-bond acceptors (Lipinski definition) is 2. The lowest BCUT2D eigenvalue weighted by molar-refractivity contribution is -0.144. The normalized spacial score (nSPS) is 36.1. The Morgan fingerprint density at radius 2 is 1.94 bits per heavy atom. The molecule has 1 saturated heterocycles. The first kappa shape index (κ1) is 11.9. The highest BCUT2D eigenvalue weighted by Crippen LogP contribution is 2.40. The fraction of sp³-hybridized carbons (Fsp3) is 0.923. The number of carboxylic acids is 1. The standard InChI is InChI=1S/C13H22O3/c1-8(2)11-7-10(13(14)15)12(16-11)9-5-3-4-6-9/h8-12H,3-7H2,1-2H3,(H,14,15). The molecule has 0 amide bonds. The van der Waals surface area contributed by atoms with Gasteiger partial charge in [0.25, 0.3) is 0 Å². The van der Waals surface area contributed by atoms with Crippen molar-refractivity contribution in [2.24, 2.45) is 17.8 Å². The molecule has 0 radical (unpaired) electrons. The van der Waals surface area contributed by atoms with Crippen LogP contribution >= 0.6 is 0 Å². The molecule has 3 unspecified atom stereocenters. The van der Waals surface area contributed by atoms with Crippen molar-refractivity contribution in [3.05, 3.63) is 0 Å². The summed E-state index contributed by atoms with van der Waals surface area (Å²) in [5.74, 6) is -0.0198. The largest absolute Gasteiger partial charge is 0.481 e. The van der Waals surface area contributed by atoms with Crippen LogP contribution in [0.15, 0.2) is 0 Å². The van der Waals surface area contributed by atoms with Crippen LogP contribution in [0.5, 0.6) is 0 Å². The van der Waals surface area contributed by atoms with Gasteiger partial charge in [-0.15, -0.1) is 0 Å². The highest BCUT2D eigenvalue weighted by Gasteiger charge is 2.45. The van der Waals surface area contributed by atoms with Gasteiger partial charge in [-0.3, -0.25) is 4.79 Å². The molecule has 0 spiro atoms. The summed E-state index contributed by atoms with van der Waals surface area (Å²) in [5.41, 5.74) is 0. The predicted octanol–water partition coefficient (Wildman–Crippen LogP) is 2.69. The summed E-state index contributed by atoms with van der Waals surface area (Å²) in [6.45, 7) is 4.22. The van der Waals surface area contributed by atoms with Gasteiger partial charge < -0.3 is 9.84 Å². The van der Waals surface area contributed by atoms with Crippen LogP contribution in [0.1, 0.15) is 46.0 Å². The SMILES string of the molecule is CC(C)C1CC(C(=O)O)C(C2CCCC2)O1. The smallest absolute Gasteiger partial charge is 0.309 e. The molecule has 0 bridgehead atoms. The second-order valence-electron chi connectivity index (χ2n) is 5.61. The number of carbonyl (C=O) groups is 1. The number of ether oxygens (including phenoxy) is 1. The number of rotatable bonds is 3. The van der Waals surface area contributed by atoms with E-state index >= 15 is 0 Å². The molecule has 92 valence electrons. The molecule has 2 rings (SSSR count). The number of hydrogen-bond donors (Lipinski definition) is 1. The van der Waals surface area contributed by atoms with E-state index in [1.807, 2.05) is 0 Å². The van der Waals surface area contributed by atoms with E-state index in [4.69, 9.17) is 4.74 Å². The van der Waals surface area contributed by atoms with Crippen molar-refractivity contribution in [1.29, 1.82) is 0 Å². The zero-order valence-corrected chi connectivity index (χ0v) is 10.2. The lowest BCUT2D eigenvalue weighted by Gasteiger charge is -2.22. The van der Waals surface area contributed by atoms with Crippen molar-refractivity contribution < 1.29 is 14.6 Å². The molecule has 1 aliphatic heterocycles. The zero-order chi connectivity index (χ0) is 11.7. The summed E-state index contributed by atoms with van der Waals surface area (Å²) >= 11 is 0. The van der Waals surface area contributed by atoms with Crippen molar-refractivity contribution in [3.63, 3.8) is 0 Å². The van der Waals surface area contributed by atoms with Crippen molar-refractivity contribution in [2.45, 2.75) is 58.2 Å². The van der Waals surface area contributed by atoms with Crippen molar-refractivity contribution in [2.75, 3.05) is 0 Å². The minimum absolute atomic E-state index is 0.0209. The highest BCUT2D eigenvalue weighted by atomic mass is 16.5. The summed E-state index contributed by atoms with van der Waals surface area (Å²) in [5, 5.41) is 9.26. The molecular weight excluding hydrogens is 204 g/mol. The first-order valence-electron chi connectivity index (χ1n) is 6.48. The molecule has 0 aromatic carbocycles. The van der Waals surface area contributed by atoms with Crippen molar-refractivity contribution in [3.8, 4) is 0 Å². The van der Waals surface area contributed by atoms with Gasteiger partial charge in [-0.1, -0.05) is 26.7 Å². The van der Waals surface area contributed by atoms with Gasteiger partial charge in [-0.25, -0.2) is 0 Å². The first-order valence-corrected chi connectivity index (χ1v) is 6.48. The van der Waals surface area contributed by atoms with Gasteiger partial charge in [0.1, 0.15) is 0 Å². The monoisotopic (exact) mass is 226 g/mol. The highest BCUT2D eigenvalue weighted by molar-refractivity contribution is 5.71. The van der Waals surface area contributed by atoms with Crippen LogP contribution in [0.25, 0.3) is 0 Å². The van der Waals surface area contributed by atoms with Gasteiger partial charge in [-0.05, 0) is 31.1 Å². The molecule has 1 saturated carbocycles. The third-order valence-corrected chi connectivity index (χ3v) is 4.14. The molecule has 3 heteroatoms. The van der Waals surface area contributed by atoms with Crippen LogP contribution < -0.4 is 0 Å². The van der Waals surface area contributed by atoms with E-state index in [0.717, 1.165) is 12.8 Å². The number of aliphatic carboxylic acids is 1. The molecule has 1 aliphatic carbocycles. The Morgan fingerprint density at radius 1 is 1.31 bits per heavy atom. The maximum Gasteiger partial charge on any atom is 0.309 e. The minimum atomic E-state index is -0.667. The van der Waals surface area contributed by atoms with E-state index < -0.39 is 5.97 Å². The third-order valence-electron chi connectivity index (χ3n) is 4.14. The molecule has 2 fully saturated rings. The quantitative estimate of drug-likeness (QED) is 0.804. The molecule has 3 nitrogen and oxygen atoms in total. The summed E-state index contributed by atoms with van der Waals surface area (Å²) in [6, 6.07) is 0. The average molecular weight is 226 g/mol. The summed E-state index contributed by atoms with van der Waals surface area (Å²) in [7, 11) is 0. The molecule has 0 aromatic heterocycles. The molecule has 1 heterocycles. The van der Waals surface area contributed by atoms with Crippen LogP contribution in [0, 0.1) is 17.8 Å². The van der Waals surface area contributed by atoms with Crippen molar-refractivity contribution in [1.82, 2.24) is 0 Å². The Morgan fingerprint density at radius 3 is 2.44 bits per heavy atom. The second kappa shape index (κ2) is 4.74. The third kappa shape index (κ3) is 2.24. The average Bonchev–Trinajstić information content (AvgIpc) is 2.86. The number of carboxylic acid groups (broad SMARTS) is 1. The van der Waals surface area contributed by atoms with Crippen LogP contribution in [0.4, 0.5) is 0 Å². The van der Waals surface area contributed by atoms with Gasteiger partial charge >= 0.3 is 5.97 Å². The molecule has 0 aromatic rings. The van der Waals surface area contributed by atoms with Gasteiger partial charge in [0.2, 0.25) is 0 Å². The van der Waals surface area contributed by atoms with Crippen molar-refractivity contribution >= 4 is 5.97 Å².